The Morgan fingerprint density at radius 2 is 1.80 bits per heavy atom. The Bertz CT molecular complexity index is 1460. The van der Waals surface area contributed by atoms with Gasteiger partial charge in [-0.05, 0) is 29.3 Å². The lowest BCUT2D eigenvalue weighted by Gasteiger charge is -2.33. The zero-order chi connectivity index (χ0) is 33.3. The van der Waals surface area contributed by atoms with Crippen LogP contribution in [0, 0.1) is 0 Å². The number of aliphatic hydroxyl groups is 1. The van der Waals surface area contributed by atoms with E-state index in [1.54, 1.807) is 12.1 Å². The van der Waals surface area contributed by atoms with E-state index < -0.39 is 60.9 Å². The molecular weight excluding hydrogens is 613 g/mol. The molecule has 0 bridgehead atoms. The van der Waals surface area contributed by atoms with Gasteiger partial charge in [0.25, 0.3) is 0 Å². The summed E-state index contributed by atoms with van der Waals surface area (Å²) >= 11 is 0. The number of carbonyl (C=O) groups is 4. The fourth-order valence-electron chi connectivity index (χ4n) is 5.01. The second-order valence-electron chi connectivity index (χ2n) is 10.5. The molecule has 1 heterocycles. The molecule has 4 atom stereocenters. The number of benzene rings is 2. The number of alkyl halides is 3. The molecule has 2 aromatic rings. The lowest BCUT2D eigenvalue weighted by Crippen LogP contribution is -2.51. The highest BCUT2D eigenvalue weighted by Crippen LogP contribution is 2.32. The van der Waals surface area contributed by atoms with E-state index in [0.29, 0.717) is 0 Å². The molecule has 0 spiro atoms. The van der Waals surface area contributed by atoms with Crippen LogP contribution in [0.1, 0.15) is 27.9 Å². The number of fused-ring (bicyclic) bond motifs is 1. The van der Waals surface area contributed by atoms with Crippen molar-refractivity contribution in [1.82, 2.24) is 10.2 Å². The van der Waals surface area contributed by atoms with Crippen molar-refractivity contribution in [2.45, 2.75) is 43.4 Å². The van der Waals surface area contributed by atoms with Gasteiger partial charge >= 0.3 is 18.1 Å². The molecule has 0 radical (unpaired) electrons. The van der Waals surface area contributed by atoms with Crippen molar-refractivity contribution in [3.8, 4) is 0 Å². The van der Waals surface area contributed by atoms with Gasteiger partial charge in [0, 0.05) is 38.1 Å². The minimum Gasteiger partial charge on any atom is -0.456 e. The van der Waals surface area contributed by atoms with Gasteiger partial charge in [0.15, 0.2) is 6.61 Å². The number of likely N-dealkylation sites (N-methyl/N-ethyl adjacent to an activating group) is 1. The Kier molecular flexibility index (Phi) is 11.7. The molecule has 0 unspecified atom stereocenters. The number of ether oxygens (including phenoxy) is 4. The first-order valence-corrected chi connectivity index (χ1v) is 14.3. The molecule has 4 rings (SSSR count). The quantitative estimate of drug-likeness (QED) is 0.263. The van der Waals surface area contributed by atoms with Gasteiger partial charge in [-0.1, -0.05) is 48.5 Å². The maximum Gasteiger partial charge on any atom is 0.422 e. The lowest BCUT2D eigenvalue weighted by molar-refractivity contribution is -0.182. The smallest absolute Gasteiger partial charge is 0.422 e. The Labute approximate surface area is 262 Å². The summed E-state index contributed by atoms with van der Waals surface area (Å²) < 4.78 is 58.3. The van der Waals surface area contributed by atoms with Crippen LogP contribution in [0.4, 0.5) is 13.2 Å². The number of aliphatic hydroxyl groups excluding tert-OH is 1. The molecule has 11 nitrogen and oxygen atoms in total. The summed E-state index contributed by atoms with van der Waals surface area (Å²) in [7, 11) is 1.48. The predicted molar refractivity (Wildman–Crippen MR) is 156 cm³/mol. The van der Waals surface area contributed by atoms with E-state index in [-0.39, 0.29) is 49.5 Å². The lowest BCUT2D eigenvalue weighted by atomic mass is 9.90. The molecule has 46 heavy (non-hydrogen) atoms. The summed E-state index contributed by atoms with van der Waals surface area (Å²) in [5.74, 6) is -3.05. The SMILES string of the molecule is CN(C(=O)C1=C[C@H]2OCO[C@H]2[C@H](OC(=O)c2ccccc2C=CC(=O)OCC(F)(F)F)C1)[C@H](Cc1ccccc1)C(=O)NCCO. The van der Waals surface area contributed by atoms with Crippen LogP contribution >= 0.6 is 0 Å². The molecule has 0 saturated carbocycles. The minimum atomic E-state index is -4.69. The Morgan fingerprint density at radius 1 is 1.09 bits per heavy atom. The molecule has 2 N–H and O–H groups in total. The van der Waals surface area contributed by atoms with Crippen LogP contribution in [0.2, 0.25) is 0 Å². The van der Waals surface area contributed by atoms with Crippen LogP contribution in [0.25, 0.3) is 6.08 Å². The van der Waals surface area contributed by atoms with Crippen molar-refractivity contribution >= 4 is 29.8 Å². The number of halogens is 3. The van der Waals surface area contributed by atoms with Gasteiger partial charge < -0.3 is 34.3 Å². The third kappa shape index (κ3) is 9.25. The number of carbonyl (C=O) groups excluding carboxylic acids is 4. The van der Waals surface area contributed by atoms with E-state index >= 15 is 0 Å². The third-order valence-corrected chi connectivity index (χ3v) is 7.26. The summed E-state index contributed by atoms with van der Waals surface area (Å²) in [4.78, 5) is 53.2. The second kappa shape index (κ2) is 15.7. The van der Waals surface area contributed by atoms with E-state index in [9.17, 15) is 37.5 Å². The normalized spacial score (nSPS) is 19.9. The summed E-state index contributed by atoms with van der Waals surface area (Å²) in [6.07, 6.45) is -3.53. The standard InChI is InChI=1S/C32H33F3N2O9/c1-37(24(29(40)36-13-14-38)15-20-7-3-2-4-8-20)30(41)22-16-25-28(45-19-44-25)26(17-22)46-31(42)23-10-6-5-9-21(23)11-12-27(39)43-18-32(33,34)35/h2-12,16,24-26,28,38H,13-15,17-19H2,1H3,(H,36,40)/t24-,25-,26-,28-/m1/s1. The molecule has 2 amide bonds. The van der Waals surface area contributed by atoms with Crippen LogP contribution in [-0.4, -0.2) is 97.9 Å². The highest BCUT2D eigenvalue weighted by Gasteiger charge is 2.44. The second-order valence-corrected chi connectivity index (χ2v) is 10.5. The van der Waals surface area contributed by atoms with E-state index in [0.717, 1.165) is 17.7 Å². The number of hydrogen-bond acceptors (Lipinski definition) is 9. The number of nitrogens with zero attached hydrogens (tertiary/aromatic N) is 1. The van der Waals surface area contributed by atoms with Crippen LogP contribution in [0.3, 0.4) is 0 Å². The number of rotatable bonds is 12. The topological polar surface area (TPSA) is 141 Å². The number of hydrogen-bond donors (Lipinski definition) is 2. The van der Waals surface area contributed by atoms with Gasteiger partial charge in [-0.25, -0.2) is 9.59 Å². The first-order valence-electron chi connectivity index (χ1n) is 14.3. The molecule has 246 valence electrons. The fourth-order valence-corrected chi connectivity index (χ4v) is 5.01. The van der Waals surface area contributed by atoms with Crippen LogP contribution in [0.5, 0.6) is 0 Å². The average Bonchev–Trinajstić information content (AvgIpc) is 3.53. The first kappa shape index (κ1) is 34.3. The molecule has 1 aliphatic heterocycles. The zero-order valence-electron chi connectivity index (χ0n) is 24.8. The van der Waals surface area contributed by atoms with Gasteiger partial charge in [0.2, 0.25) is 11.8 Å². The average molecular weight is 647 g/mol. The van der Waals surface area contributed by atoms with Gasteiger partial charge in [-0.15, -0.1) is 0 Å². The molecule has 1 aliphatic carbocycles. The molecule has 2 aromatic carbocycles. The van der Waals surface area contributed by atoms with E-state index in [4.69, 9.17) is 14.2 Å². The van der Waals surface area contributed by atoms with Gasteiger partial charge in [-0.3, -0.25) is 9.59 Å². The van der Waals surface area contributed by atoms with E-state index in [1.807, 2.05) is 30.3 Å². The van der Waals surface area contributed by atoms with Gasteiger partial charge in [-0.2, -0.15) is 13.2 Å². The van der Waals surface area contributed by atoms with Crippen LogP contribution in [0.15, 0.2) is 72.3 Å². The van der Waals surface area contributed by atoms with Crippen molar-refractivity contribution in [3.63, 3.8) is 0 Å². The first-order chi connectivity index (χ1) is 22.0. The molecular formula is C32H33F3N2O9. The highest BCUT2D eigenvalue weighted by atomic mass is 19.4. The molecule has 1 saturated heterocycles. The number of amides is 2. The Hall–Kier alpha value is -4.53. The van der Waals surface area contributed by atoms with Crippen molar-refractivity contribution in [2.75, 3.05) is 33.6 Å². The molecule has 0 aromatic heterocycles. The Balaban J connectivity index is 1.50. The summed E-state index contributed by atoms with van der Waals surface area (Å²) in [5, 5.41) is 11.8. The fraction of sp³-hybridized carbons (Fsp3) is 0.375. The monoisotopic (exact) mass is 646 g/mol. The third-order valence-electron chi connectivity index (χ3n) is 7.26. The van der Waals surface area contributed by atoms with Crippen LogP contribution < -0.4 is 5.32 Å². The van der Waals surface area contributed by atoms with Crippen molar-refractivity contribution in [1.29, 1.82) is 0 Å². The predicted octanol–water partition coefficient (Wildman–Crippen LogP) is 2.58. The Morgan fingerprint density at radius 3 is 2.52 bits per heavy atom. The maximum absolute atomic E-state index is 13.8. The molecule has 2 aliphatic rings. The van der Waals surface area contributed by atoms with Crippen molar-refractivity contribution in [2.24, 2.45) is 0 Å². The summed E-state index contributed by atoms with van der Waals surface area (Å²) in [6.45, 7) is -2.14. The highest BCUT2D eigenvalue weighted by molar-refractivity contribution is 5.98. The number of nitrogens with one attached hydrogen (secondary N) is 1. The van der Waals surface area contributed by atoms with Gasteiger partial charge in [0.05, 0.1) is 12.2 Å². The zero-order valence-corrected chi connectivity index (χ0v) is 24.8. The van der Waals surface area contributed by atoms with E-state index in [1.165, 1.54) is 30.1 Å². The van der Waals surface area contributed by atoms with Gasteiger partial charge in [0.1, 0.15) is 31.1 Å². The minimum absolute atomic E-state index is 0.000800. The summed E-state index contributed by atoms with van der Waals surface area (Å²) in [6, 6.07) is 14.1. The molecule has 14 heteroatoms. The van der Waals surface area contributed by atoms with Crippen LogP contribution in [-0.2, 0) is 39.8 Å². The molecule has 1 fully saturated rings. The summed E-state index contributed by atoms with van der Waals surface area (Å²) in [5.41, 5.74) is 1.21. The van der Waals surface area contributed by atoms with E-state index in [2.05, 4.69) is 10.1 Å². The maximum atomic E-state index is 13.8. The number of esters is 2. The van der Waals surface area contributed by atoms with Crippen molar-refractivity contribution < 1.29 is 56.4 Å². The largest absolute Gasteiger partial charge is 0.456 e. The van der Waals surface area contributed by atoms with Crippen molar-refractivity contribution in [3.05, 3.63) is 89.0 Å².